The minimum Gasteiger partial charge on any atom is -0.477 e. The standard InChI is InChI=1S/C23H22F2N4O2S/c24-16-4-1-5-17(25)20(16)23-28-18(12-32-23)19(30)9-13-10-27-22-15(6-8-31-22)21(13)29-7-2-3-14(26)11-29/h1,4-5,10,12,14H,2-3,6-9,11,26H2/t14-/m0/s1. The number of fused-ring (bicyclic) bond motifs is 1. The Morgan fingerprint density at radius 1 is 1.31 bits per heavy atom. The van der Waals surface area contributed by atoms with Gasteiger partial charge in [0, 0.05) is 54.7 Å². The fraction of sp³-hybridized carbons (Fsp3) is 0.348. The maximum atomic E-state index is 14.1. The molecule has 1 saturated heterocycles. The number of aromatic nitrogens is 2. The second-order valence-electron chi connectivity index (χ2n) is 8.10. The predicted molar refractivity (Wildman–Crippen MR) is 118 cm³/mol. The number of nitrogens with zero attached hydrogens (tertiary/aromatic N) is 3. The smallest absolute Gasteiger partial charge is 0.218 e. The molecule has 0 aliphatic carbocycles. The lowest BCUT2D eigenvalue weighted by molar-refractivity contribution is 0.0989. The van der Waals surface area contributed by atoms with Gasteiger partial charge in [0.1, 0.15) is 22.3 Å². The molecule has 0 saturated carbocycles. The quantitative estimate of drug-likeness (QED) is 0.589. The van der Waals surface area contributed by atoms with Crippen LogP contribution in [0.25, 0.3) is 10.6 Å². The van der Waals surface area contributed by atoms with Crippen molar-refractivity contribution < 1.29 is 18.3 Å². The predicted octanol–water partition coefficient (Wildman–Crippen LogP) is 3.77. The minimum absolute atomic E-state index is 0.0789. The van der Waals surface area contributed by atoms with Crippen LogP contribution >= 0.6 is 11.3 Å². The number of carbonyl (C=O) groups excluding carboxylic acids is 1. The van der Waals surface area contributed by atoms with E-state index < -0.39 is 11.6 Å². The van der Waals surface area contributed by atoms with Gasteiger partial charge in [0.05, 0.1) is 17.9 Å². The summed E-state index contributed by atoms with van der Waals surface area (Å²) in [6.45, 7) is 2.14. The maximum Gasteiger partial charge on any atom is 0.218 e. The lowest BCUT2D eigenvalue weighted by Crippen LogP contribution is -2.43. The number of hydrogen-bond donors (Lipinski definition) is 1. The molecule has 1 aromatic carbocycles. The Morgan fingerprint density at radius 3 is 2.91 bits per heavy atom. The van der Waals surface area contributed by atoms with E-state index in [1.165, 1.54) is 18.2 Å². The number of thiazole rings is 1. The van der Waals surface area contributed by atoms with Crippen LogP contribution in [0.1, 0.15) is 34.5 Å². The van der Waals surface area contributed by atoms with E-state index >= 15 is 0 Å². The van der Waals surface area contributed by atoms with Crippen molar-refractivity contribution in [2.24, 2.45) is 5.73 Å². The number of pyridine rings is 1. The largest absolute Gasteiger partial charge is 0.477 e. The Labute approximate surface area is 188 Å². The fourth-order valence-electron chi connectivity index (χ4n) is 4.39. The van der Waals surface area contributed by atoms with Crippen LogP contribution in [0.3, 0.4) is 0 Å². The Kier molecular flexibility index (Phi) is 5.60. The van der Waals surface area contributed by atoms with Crippen LogP contribution in [0.15, 0.2) is 29.8 Å². The van der Waals surface area contributed by atoms with E-state index in [0.29, 0.717) is 19.0 Å². The van der Waals surface area contributed by atoms with Gasteiger partial charge in [-0.1, -0.05) is 6.07 Å². The highest BCUT2D eigenvalue weighted by atomic mass is 32.1. The van der Waals surface area contributed by atoms with Gasteiger partial charge in [-0.25, -0.2) is 18.7 Å². The van der Waals surface area contributed by atoms with Gasteiger partial charge in [-0.2, -0.15) is 0 Å². The van der Waals surface area contributed by atoms with E-state index in [-0.39, 0.29) is 34.5 Å². The zero-order valence-electron chi connectivity index (χ0n) is 17.3. The molecule has 0 bridgehead atoms. The maximum absolute atomic E-state index is 14.1. The van der Waals surface area contributed by atoms with Crippen LogP contribution in [0.5, 0.6) is 5.88 Å². The highest BCUT2D eigenvalue weighted by Gasteiger charge is 2.28. The highest BCUT2D eigenvalue weighted by Crippen LogP contribution is 2.37. The molecule has 0 radical (unpaired) electrons. The number of Topliss-reactive ketones (excluding diaryl/α,β-unsaturated/α-hetero) is 1. The summed E-state index contributed by atoms with van der Waals surface area (Å²) in [7, 11) is 0. The molecule has 9 heteroatoms. The molecule has 2 N–H and O–H groups in total. The Balaban J connectivity index is 1.45. The second kappa shape index (κ2) is 8.55. The van der Waals surface area contributed by atoms with Gasteiger partial charge in [-0.15, -0.1) is 11.3 Å². The van der Waals surface area contributed by atoms with Gasteiger partial charge in [-0.05, 0) is 25.0 Å². The number of piperidine rings is 1. The SMILES string of the molecule is N[C@H]1CCCN(c2c(CC(=O)c3csc(-c4c(F)cccc4F)n3)cnc3c2CCO3)C1. The third kappa shape index (κ3) is 3.86. The topological polar surface area (TPSA) is 81.3 Å². The van der Waals surface area contributed by atoms with Crippen LogP contribution in [0, 0.1) is 11.6 Å². The van der Waals surface area contributed by atoms with Crippen molar-refractivity contribution in [2.75, 3.05) is 24.6 Å². The van der Waals surface area contributed by atoms with Crippen molar-refractivity contribution in [1.82, 2.24) is 9.97 Å². The van der Waals surface area contributed by atoms with Crippen molar-refractivity contribution in [3.8, 4) is 16.5 Å². The van der Waals surface area contributed by atoms with Crippen LogP contribution in [0.2, 0.25) is 0 Å². The first-order chi connectivity index (χ1) is 15.5. The number of nitrogens with two attached hydrogens (primary N) is 1. The molecule has 2 aliphatic heterocycles. The average Bonchev–Trinajstić information content (AvgIpc) is 3.43. The number of hydrogen-bond acceptors (Lipinski definition) is 7. The zero-order valence-corrected chi connectivity index (χ0v) is 18.1. The van der Waals surface area contributed by atoms with Gasteiger partial charge >= 0.3 is 0 Å². The van der Waals surface area contributed by atoms with E-state index in [1.54, 1.807) is 11.6 Å². The summed E-state index contributed by atoms with van der Waals surface area (Å²) >= 11 is 1.05. The summed E-state index contributed by atoms with van der Waals surface area (Å²) < 4.78 is 33.9. The second-order valence-corrected chi connectivity index (χ2v) is 8.96. The number of halogens is 2. The Morgan fingerprint density at radius 2 is 2.12 bits per heavy atom. The van der Waals surface area contributed by atoms with Crippen molar-refractivity contribution >= 4 is 22.8 Å². The van der Waals surface area contributed by atoms with Crippen molar-refractivity contribution in [2.45, 2.75) is 31.7 Å². The molecule has 2 aliphatic rings. The molecule has 1 fully saturated rings. The number of carbonyl (C=O) groups is 1. The number of benzene rings is 1. The third-order valence-electron chi connectivity index (χ3n) is 5.87. The van der Waals surface area contributed by atoms with Crippen molar-refractivity contribution in [1.29, 1.82) is 0 Å². The molecule has 6 nitrogen and oxygen atoms in total. The molecular weight excluding hydrogens is 434 g/mol. The zero-order chi connectivity index (χ0) is 22.2. The monoisotopic (exact) mass is 456 g/mol. The first-order valence-corrected chi connectivity index (χ1v) is 11.5. The molecule has 32 heavy (non-hydrogen) atoms. The summed E-state index contributed by atoms with van der Waals surface area (Å²) in [6, 6.07) is 3.73. The van der Waals surface area contributed by atoms with Gasteiger partial charge in [-0.3, -0.25) is 4.79 Å². The van der Waals surface area contributed by atoms with Crippen LogP contribution in [0.4, 0.5) is 14.5 Å². The average molecular weight is 457 g/mol. The minimum atomic E-state index is -0.704. The van der Waals surface area contributed by atoms with E-state index in [0.717, 1.165) is 54.0 Å². The van der Waals surface area contributed by atoms with E-state index in [1.807, 2.05) is 0 Å². The van der Waals surface area contributed by atoms with E-state index in [9.17, 15) is 13.6 Å². The molecule has 1 atom stereocenters. The van der Waals surface area contributed by atoms with Crippen LogP contribution < -0.4 is 15.4 Å². The van der Waals surface area contributed by atoms with E-state index in [4.69, 9.17) is 10.5 Å². The first kappa shape index (κ1) is 21.0. The summed E-state index contributed by atoms with van der Waals surface area (Å²) in [5, 5.41) is 1.69. The van der Waals surface area contributed by atoms with Gasteiger partial charge in [0.15, 0.2) is 5.78 Å². The lowest BCUT2D eigenvalue weighted by atomic mass is 9.99. The Bertz CT molecular complexity index is 1160. The normalized spacial score (nSPS) is 17.8. The third-order valence-corrected chi connectivity index (χ3v) is 6.73. The first-order valence-electron chi connectivity index (χ1n) is 10.6. The fourth-order valence-corrected chi connectivity index (χ4v) is 5.26. The van der Waals surface area contributed by atoms with Crippen LogP contribution in [-0.2, 0) is 12.8 Å². The van der Waals surface area contributed by atoms with Crippen molar-refractivity contribution in [3.63, 3.8) is 0 Å². The number of rotatable bonds is 5. The molecule has 2 aromatic heterocycles. The van der Waals surface area contributed by atoms with Gasteiger partial charge in [0.25, 0.3) is 0 Å². The molecule has 5 rings (SSSR count). The molecular formula is C23H22F2N4O2S. The number of ketones is 1. The molecule has 3 aromatic rings. The number of ether oxygens (including phenoxy) is 1. The summed E-state index contributed by atoms with van der Waals surface area (Å²) in [6.07, 6.45) is 4.46. The van der Waals surface area contributed by atoms with Crippen molar-refractivity contribution in [3.05, 3.63) is 58.2 Å². The molecule has 0 amide bonds. The summed E-state index contributed by atoms with van der Waals surface area (Å²) in [4.78, 5) is 24.0. The summed E-state index contributed by atoms with van der Waals surface area (Å²) in [5.74, 6) is -1.02. The lowest BCUT2D eigenvalue weighted by Gasteiger charge is -2.35. The van der Waals surface area contributed by atoms with Gasteiger partial charge in [0.2, 0.25) is 5.88 Å². The molecule has 0 spiro atoms. The number of anilines is 1. The Hall–Kier alpha value is -2.91. The molecule has 0 unspecified atom stereocenters. The van der Waals surface area contributed by atoms with E-state index in [2.05, 4.69) is 14.9 Å². The molecule has 166 valence electrons. The molecule has 4 heterocycles. The highest BCUT2D eigenvalue weighted by molar-refractivity contribution is 7.13. The van der Waals surface area contributed by atoms with Gasteiger partial charge < -0.3 is 15.4 Å². The van der Waals surface area contributed by atoms with Crippen LogP contribution in [-0.4, -0.2) is 41.5 Å². The summed E-state index contributed by atoms with van der Waals surface area (Å²) in [5.41, 5.74) is 8.96.